The summed E-state index contributed by atoms with van der Waals surface area (Å²) in [6, 6.07) is 3.46. The number of sulfonamides is 1. The lowest BCUT2D eigenvalue weighted by molar-refractivity contribution is 0.569. The van der Waals surface area contributed by atoms with Crippen LogP contribution in [0.3, 0.4) is 0 Å². The molecule has 1 rings (SSSR count). The Morgan fingerprint density at radius 1 is 1.32 bits per heavy atom. The van der Waals surface area contributed by atoms with Gasteiger partial charge in [0.15, 0.2) is 0 Å². The Morgan fingerprint density at radius 2 is 1.89 bits per heavy atom. The van der Waals surface area contributed by atoms with E-state index < -0.39 is 10.0 Å². The van der Waals surface area contributed by atoms with Crippen LogP contribution in [0.15, 0.2) is 17.0 Å². The van der Waals surface area contributed by atoms with Crippen molar-refractivity contribution < 1.29 is 8.42 Å². The SMILES string of the molecule is CSC(C)(C)CNS(=O)(=O)c1c(C)ccc(N)c1C. The average Bonchev–Trinajstić information content (AvgIpc) is 2.32. The second kappa shape index (κ2) is 5.73. The van der Waals surface area contributed by atoms with Crippen molar-refractivity contribution in [3.8, 4) is 0 Å². The summed E-state index contributed by atoms with van der Waals surface area (Å²) >= 11 is 1.62. The van der Waals surface area contributed by atoms with Crippen LogP contribution < -0.4 is 10.5 Å². The van der Waals surface area contributed by atoms with Crippen LogP contribution in [0.4, 0.5) is 5.69 Å². The number of benzene rings is 1. The first-order valence-corrected chi connectivity index (χ1v) is 8.72. The van der Waals surface area contributed by atoms with Gasteiger partial charge in [-0.05, 0) is 51.1 Å². The fraction of sp³-hybridized carbons (Fsp3) is 0.538. The number of thioether (sulfide) groups is 1. The lowest BCUT2D eigenvalue weighted by Gasteiger charge is -2.23. The van der Waals surface area contributed by atoms with Crippen molar-refractivity contribution in [2.75, 3.05) is 18.5 Å². The molecule has 0 amide bonds. The van der Waals surface area contributed by atoms with Gasteiger partial charge >= 0.3 is 0 Å². The quantitative estimate of drug-likeness (QED) is 0.819. The summed E-state index contributed by atoms with van der Waals surface area (Å²) in [7, 11) is -3.53. The van der Waals surface area contributed by atoms with Crippen molar-refractivity contribution in [3.63, 3.8) is 0 Å². The van der Waals surface area contributed by atoms with E-state index in [0.717, 1.165) is 0 Å². The van der Waals surface area contributed by atoms with E-state index in [1.165, 1.54) is 0 Å². The first kappa shape index (κ1) is 16.3. The smallest absolute Gasteiger partial charge is 0.241 e. The van der Waals surface area contributed by atoms with E-state index >= 15 is 0 Å². The molecule has 108 valence electrons. The first-order chi connectivity index (χ1) is 8.60. The number of nitrogen functional groups attached to an aromatic ring is 1. The molecular formula is C13H22N2O2S2. The van der Waals surface area contributed by atoms with Crippen LogP contribution in [-0.2, 0) is 10.0 Å². The minimum atomic E-state index is -3.53. The van der Waals surface area contributed by atoms with E-state index in [0.29, 0.717) is 28.3 Å². The Kier molecular flexibility index (Phi) is 4.92. The van der Waals surface area contributed by atoms with E-state index in [4.69, 9.17) is 5.73 Å². The third-order valence-corrected chi connectivity index (χ3v) is 6.09. The Labute approximate surface area is 120 Å². The Balaban J connectivity index is 3.12. The van der Waals surface area contributed by atoms with E-state index in [9.17, 15) is 8.42 Å². The van der Waals surface area contributed by atoms with Gasteiger partial charge in [-0.15, -0.1) is 0 Å². The molecule has 0 radical (unpaired) electrons. The minimum absolute atomic E-state index is 0.144. The van der Waals surface area contributed by atoms with Gasteiger partial charge in [0, 0.05) is 17.0 Å². The van der Waals surface area contributed by atoms with Gasteiger partial charge in [-0.2, -0.15) is 11.8 Å². The second-order valence-electron chi connectivity index (χ2n) is 5.21. The van der Waals surface area contributed by atoms with Gasteiger partial charge in [0.1, 0.15) is 0 Å². The van der Waals surface area contributed by atoms with Crippen molar-refractivity contribution >= 4 is 27.5 Å². The topological polar surface area (TPSA) is 72.2 Å². The maximum Gasteiger partial charge on any atom is 0.241 e. The normalized spacial score (nSPS) is 12.7. The van der Waals surface area contributed by atoms with E-state index in [2.05, 4.69) is 4.72 Å². The third-order valence-electron chi connectivity index (χ3n) is 3.15. The van der Waals surface area contributed by atoms with Gasteiger partial charge in [-0.25, -0.2) is 13.1 Å². The van der Waals surface area contributed by atoms with Crippen LogP contribution in [0.25, 0.3) is 0 Å². The van der Waals surface area contributed by atoms with Gasteiger partial charge in [-0.3, -0.25) is 0 Å². The van der Waals surface area contributed by atoms with Crippen molar-refractivity contribution in [1.29, 1.82) is 0 Å². The molecule has 0 aromatic heterocycles. The molecule has 4 nitrogen and oxygen atoms in total. The number of aryl methyl sites for hydroxylation is 1. The summed E-state index contributed by atoms with van der Waals surface area (Å²) in [4.78, 5) is 0.296. The highest BCUT2D eigenvalue weighted by atomic mass is 32.2. The summed E-state index contributed by atoms with van der Waals surface area (Å²) in [5.41, 5.74) is 7.61. The standard InChI is InChI=1S/C13H22N2O2S2/c1-9-6-7-11(14)10(2)12(9)19(16,17)15-8-13(3,4)18-5/h6-7,15H,8,14H2,1-5H3. The lowest BCUT2D eigenvalue weighted by atomic mass is 10.1. The number of anilines is 1. The van der Waals surface area contributed by atoms with Crippen molar-refractivity contribution in [2.45, 2.75) is 37.3 Å². The Hall–Kier alpha value is -0.720. The molecule has 0 spiro atoms. The second-order valence-corrected chi connectivity index (χ2v) is 8.43. The van der Waals surface area contributed by atoms with Crippen molar-refractivity contribution in [3.05, 3.63) is 23.3 Å². The van der Waals surface area contributed by atoms with Gasteiger partial charge in [0.2, 0.25) is 10.0 Å². The third kappa shape index (κ3) is 3.87. The van der Waals surface area contributed by atoms with Crippen molar-refractivity contribution in [1.82, 2.24) is 4.72 Å². The monoisotopic (exact) mass is 302 g/mol. The fourth-order valence-electron chi connectivity index (χ4n) is 1.67. The van der Waals surface area contributed by atoms with Gasteiger partial charge < -0.3 is 5.73 Å². The zero-order valence-corrected chi connectivity index (χ0v) is 13.7. The number of nitrogens with one attached hydrogen (secondary N) is 1. The molecular weight excluding hydrogens is 280 g/mol. The number of hydrogen-bond donors (Lipinski definition) is 2. The Bertz CT molecular complexity index is 566. The summed E-state index contributed by atoms with van der Waals surface area (Å²) in [6.45, 7) is 7.89. The Morgan fingerprint density at radius 3 is 2.42 bits per heavy atom. The van der Waals surface area contributed by atoms with Crippen LogP contribution in [-0.4, -0.2) is 26.0 Å². The summed E-state index contributed by atoms with van der Waals surface area (Å²) in [6.07, 6.45) is 1.96. The highest BCUT2D eigenvalue weighted by molar-refractivity contribution is 8.00. The van der Waals surface area contributed by atoms with Gasteiger partial charge in [0.05, 0.1) is 4.90 Å². The number of hydrogen-bond acceptors (Lipinski definition) is 4. The molecule has 6 heteroatoms. The maximum absolute atomic E-state index is 12.4. The largest absolute Gasteiger partial charge is 0.398 e. The molecule has 0 saturated heterocycles. The number of nitrogens with two attached hydrogens (primary N) is 1. The van der Waals surface area contributed by atoms with Crippen LogP contribution in [0.1, 0.15) is 25.0 Å². The molecule has 0 aliphatic rings. The molecule has 0 saturated carbocycles. The molecule has 0 aliphatic heterocycles. The minimum Gasteiger partial charge on any atom is -0.398 e. The van der Waals surface area contributed by atoms with E-state index in [1.807, 2.05) is 20.1 Å². The highest BCUT2D eigenvalue weighted by Gasteiger charge is 2.24. The van der Waals surface area contributed by atoms with Crippen LogP contribution >= 0.6 is 11.8 Å². The molecule has 1 aromatic rings. The van der Waals surface area contributed by atoms with Crippen LogP contribution in [0.5, 0.6) is 0 Å². The first-order valence-electron chi connectivity index (χ1n) is 6.01. The van der Waals surface area contributed by atoms with E-state index in [-0.39, 0.29) is 4.75 Å². The van der Waals surface area contributed by atoms with Crippen LogP contribution in [0.2, 0.25) is 0 Å². The highest BCUT2D eigenvalue weighted by Crippen LogP contribution is 2.26. The number of rotatable bonds is 5. The molecule has 19 heavy (non-hydrogen) atoms. The zero-order chi connectivity index (χ0) is 14.8. The maximum atomic E-state index is 12.4. The zero-order valence-electron chi connectivity index (χ0n) is 12.1. The molecule has 1 aromatic carbocycles. The average molecular weight is 302 g/mol. The molecule has 0 fully saturated rings. The fourth-order valence-corrected chi connectivity index (χ4v) is 3.68. The van der Waals surface area contributed by atoms with Gasteiger partial charge in [0.25, 0.3) is 0 Å². The molecule has 0 bridgehead atoms. The van der Waals surface area contributed by atoms with E-state index in [1.54, 1.807) is 37.7 Å². The molecule has 0 atom stereocenters. The van der Waals surface area contributed by atoms with Crippen LogP contribution in [0, 0.1) is 13.8 Å². The molecule has 0 unspecified atom stereocenters. The summed E-state index contributed by atoms with van der Waals surface area (Å²) in [5.74, 6) is 0. The molecule has 0 heterocycles. The predicted octanol–water partition coefficient (Wildman–Crippen LogP) is 2.31. The lowest BCUT2D eigenvalue weighted by Crippen LogP contribution is -2.36. The predicted molar refractivity (Wildman–Crippen MR) is 83.1 cm³/mol. The van der Waals surface area contributed by atoms with Crippen molar-refractivity contribution in [2.24, 2.45) is 0 Å². The molecule has 3 N–H and O–H groups in total. The molecule has 0 aliphatic carbocycles. The summed E-state index contributed by atoms with van der Waals surface area (Å²) < 4.78 is 27.4. The summed E-state index contributed by atoms with van der Waals surface area (Å²) in [5, 5.41) is 0. The van der Waals surface area contributed by atoms with Gasteiger partial charge in [-0.1, -0.05) is 6.07 Å².